The standard InChI is InChI=1S/C17H28N2O2/c1-6-21-16-8-7-14(13(2)20)9-15(16)10-19(5)12-17(3,4)11-18/h7-9H,6,10-12,18H2,1-5H3. The molecule has 0 fully saturated rings. The van der Waals surface area contributed by atoms with E-state index in [-0.39, 0.29) is 11.2 Å². The quantitative estimate of drug-likeness (QED) is 0.749. The van der Waals surface area contributed by atoms with Gasteiger partial charge in [-0.2, -0.15) is 0 Å². The minimum atomic E-state index is 0.0682. The van der Waals surface area contributed by atoms with E-state index < -0.39 is 0 Å². The van der Waals surface area contributed by atoms with Crippen LogP contribution in [0.3, 0.4) is 0 Å². The molecule has 1 aromatic rings. The van der Waals surface area contributed by atoms with Gasteiger partial charge in [0.2, 0.25) is 0 Å². The molecule has 0 atom stereocenters. The molecule has 1 aromatic carbocycles. The fourth-order valence-corrected chi connectivity index (χ4v) is 2.36. The first-order valence-electron chi connectivity index (χ1n) is 7.44. The van der Waals surface area contributed by atoms with Crippen molar-refractivity contribution in [3.05, 3.63) is 29.3 Å². The molecule has 0 bridgehead atoms. The van der Waals surface area contributed by atoms with Gasteiger partial charge in [0.25, 0.3) is 0 Å². The Bertz CT molecular complexity index is 484. The topological polar surface area (TPSA) is 55.6 Å². The average molecular weight is 292 g/mol. The predicted octanol–water partition coefficient (Wildman–Crippen LogP) is 2.70. The Morgan fingerprint density at radius 3 is 2.57 bits per heavy atom. The highest BCUT2D eigenvalue weighted by Gasteiger charge is 2.19. The van der Waals surface area contributed by atoms with E-state index in [4.69, 9.17) is 10.5 Å². The van der Waals surface area contributed by atoms with Crippen molar-refractivity contribution in [3.8, 4) is 5.75 Å². The fourth-order valence-electron chi connectivity index (χ4n) is 2.36. The van der Waals surface area contributed by atoms with Crippen LogP contribution in [0.2, 0.25) is 0 Å². The van der Waals surface area contributed by atoms with Crippen LogP contribution in [0.5, 0.6) is 5.75 Å². The molecule has 0 heterocycles. The molecule has 0 aliphatic heterocycles. The maximum atomic E-state index is 11.6. The predicted molar refractivity (Wildman–Crippen MR) is 86.8 cm³/mol. The molecular weight excluding hydrogens is 264 g/mol. The summed E-state index contributed by atoms with van der Waals surface area (Å²) in [4.78, 5) is 13.8. The summed E-state index contributed by atoms with van der Waals surface area (Å²) < 4.78 is 5.67. The second kappa shape index (κ2) is 7.57. The van der Waals surface area contributed by atoms with Crippen molar-refractivity contribution in [1.29, 1.82) is 0 Å². The van der Waals surface area contributed by atoms with E-state index in [0.717, 1.165) is 30.0 Å². The first-order chi connectivity index (χ1) is 9.79. The Morgan fingerprint density at radius 2 is 2.05 bits per heavy atom. The van der Waals surface area contributed by atoms with Gasteiger partial charge in [0.15, 0.2) is 5.78 Å². The lowest BCUT2D eigenvalue weighted by molar-refractivity contribution is 0.101. The molecule has 2 N–H and O–H groups in total. The van der Waals surface area contributed by atoms with Gasteiger partial charge in [-0.15, -0.1) is 0 Å². The highest BCUT2D eigenvalue weighted by Crippen LogP contribution is 2.23. The number of hydrogen-bond donors (Lipinski definition) is 1. The van der Waals surface area contributed by atoms with Gasteiger partial charge in [-0.05, 0) is 51.1 Å². The molecule has 21 heavy (non-hydrogen) atoms. The second-order valence-electron chi connectivity index (χ2n) is 6.35. The third-order valence-corrected chi connectivity index (χ3v) is 3.46. The summed E-state index contributed by atoms with van der Waals surface area (Å²) in [5, 5.41) is 0. The van der Waals surface area contributed by atoms with Crippen molar-refractivity contribution < 1.29 is 9.53 Å². The van der Waals surface area contributed by atoms with Crippen molar-refractivity contribution in [2.75, 3.05) is 26.7 Å². The largest absolute Gasteiger partial charge is 0.494 e. The number of rotatable bonds is 8. The number of carbonyl (C=O) groups is 1. The lowest BCUT2D eigenvalue weighted by Crippen LogP contribution is -2.36. The smallest absolute Gasteiger partial charge is 0.159 e. The van der Waals surface area contributed by atoms with Gasteiger partial charge in [0, 0.05) is 24.2 Å². The van der Waals surface area contributed by atoms with Crippen LogP contribution >= 0.6 is 0 Å². The minimum Gasteiger partial charge on any atom is -0.494 e. The maximum absolute atomic E-state index is 11.6. The molecule has 0 saturated carbocycles. The van der Waals surface area contributed by atoms with Crippen LogP contribution in [0.4, 0.5) is 0 Å². The Kier molecular flexibility index (Phi) is 6.37. The molecule has 1 rings (SSSR count). The third-order valence-electron chi connectivity index (χ3n) is 3.46. The zero-order chi connectivity index (χ0) is 16.0. The maximum Gasteiger partial charge on any atom is 0.159 e. The Hall–Kier alpha value is -1.39. The van der Waals surface area contributed by atoms with Crippen molar-refractivity contribution in [3.63, 3.8) is 0 Å². The van der Waals surface area contributed by atoms with E-state index in [1.54, 1.807) is 6.92 Å². The van der Waals surface area contributed by atoms with Crippen LogP contribution in [0.1, 0.15) is 43.6 Å². The summed E-state index contributed by atoms with van der Waals surface area (Å²) in [6, 6.07) is 5.64. The summed E-state index contributed by atoms with van der Waals surface area (Å²) >= 11 is 0. The highest BCUT2D eigenvalue weighted by molar-refractivity contribution is 5.94. The lowest BCUT2D eigenvalue weighted by atomic mass is 9.93. The number of ketones is 1. The number of nitrogens with two attached hydrogens (primary N) is 1. The number of nitrogens with zero attached hydrogens (tertiary/aromatic N) is 1. The monoisotopic (exact) mass is 292 g/mol. The van der Waals surface area contributed by atoms with Gasteiger partial charge >= 0.3 is 0 Å². The summed E-state index contributed by atoms with van der Waals surface area (Å²) in [6.45, 7) is 10.7. The second-order valence-corrected chi connectivity index (χ2v) is 6.35. The van der Waals surface area contributed by atoms with Gasteiger partial charge in [-0.1, -0.05) is 13.8 Å². The fraction of sp³-hybridized carbons (Fsp3) is 0.588. The van der Waals surface area contributed by atoms with Crippen molar-refractivity contribution in [2.24, 2.45) is 11.1 Å². The zero-order valence-corrected chi connectivity index (χ0v) is 13.9. The van der Waals surface area contributed by atoms with Gasteiger partial charge in [-0.25, -0.2) is 0 Å². The molecular formula is C17H28N2O2. The lowest BCUT2D eigenvalue weighted by Gasteiger charge is -2.29. The van der Waals surface area contributed by atoms with Crippen molar-refractivity contribution >= 4 is 5.78 Å². The molecule has 4 heteroatoms. The van der Waals surface area contributed by atoms with Gasteiger partial charge in [0.05, 0.1) is 6.61 Å². The normalized spacial score (nSPS) is 11.8. The number of benzene rings is 1. The third kappa shape index (κ3) is 5.48. The van der Waals surface area contributed by atoms with E-state index in [0.29, 0.717) is 13.2 Å². The molecule has 0 saturated heterocycles. The van der Waals surface area contributed by atoms with E-state index in [1.165, 1.54) is 0 Å². The minimum absolute atomic E-state index is 0.0682. The molecule has 4 nitrogen and oxygen atoms in total. The molecule has 0 aliphatic carbocycles. The van der Waals surface area contributed by atoms with E-state index >= 15 is 0 Å². The van der Waals surface area contributed by atoms with Gasteiger partial charge in [0.1, 0.15) is 5.75 Å². The summed E-state index contributed by atoms with van der Waals surface area (Å²) in [6.07, 6.45) is 0. The van der Waals surface area contributed by atoms with Crippen LogP contribution in [0.25, 0.3) is 0 Å². The van der Waals surface area contributed by atoms with Crippen LogP contribution < -0.4 is 10.5 Å². The zero-order valence-electron chi connectivity index (χ0n) is 13.9. The summed E-state index contributed by atoms with van der Waals surface area (Å²) in [7, 11) is 2.06. The molecule has 0 unspecified atom stereocenters. The molecule has 0 aromatic heterocycles. The van der Waals surface area contributed by atoms with E-state index in [2.05, 4.69) is 25.8 Å². The Balaban J connectivity index is 2.93. The van der Waals surface area contributed by atoms with Gasteiger partial charge < -0.3 is 15.4 Å². The first-order valence-corrected chi connectivity index (χ1v) is 7.44. The Morgan fingerprint density at radius 1 is 1.38 bits per heavy atom. The van der Waals surface area contributed by atoms with Crippen LogP contribution in [0, 0.1) is 5.41 Å². The Labute approximate surface area is 128 Å². The van der Waals surface area contributed by atoms with E-state index in [9.17, 15) is 4.79 Å². The van der Waals surface area contributed by atoms with Crippen molar-refractivity contribution in [2.45, 2.75) is 34.2 Å². The van der Waals surface area contributed by atoms with Crippen LogP contribution in [-0.4, -0.2) is 37.4 Å². The first kappa shape index (κ1) is 17.7. The highest BCUT2D eigenvalue weighted by atomic mass is 16.5. The SMILES string of the molecule is CCOc1ccc(C(C)=O)cc1CN(C)CC(C)(C)CN. The number of Topliss-reactive ketones (excluding diaryl/α,β-unsaturated/α-hetero) is 1. The summed E-state index contributed by atoms with van der Waals surface area (Å²) in [5.74, 6) is 0.921. The van der Waals surface area contributed by atoms with Crippen LogP contribution in [-0.2, 0) is 6.54 Å². The van der Waals surface area contributed by atoms with Gasteiger partial charge in [-0.3, -0.25) is 4.79 Å². The number of ether oxygens (including phenoxy) is 1. The van der Waals surface area contributed by atoms with E-state index in [1.807, 2.05) is 25.1 Å². The molecule has 0 spiro atoms. The molecule has 0 radical (unpaired) electrons. The van der Waals surface area contributed by atoms with Crippen LogP contribution in [0.15, 0.2) is 18.2 Å². The molecule has 118 valence electrons. The molecule has 0 aliphatic rings. The molecule has 0 amide bonds. The number of hydrogen-bond acceptors (Lipinski definition) is 4. The average Bonchev–Trinajstić information content (AvgIpc) is 2.40. The number of carbonyl (C=O) groups excluding carboxylic acids is 1. The van der Waals surface area contributed by atoms with Crippen molar-refractivity contribution in [1.82, 2.24) is 4.90 Å². The summed E-state index contributed by atoms with van der Waals surface area (Å²) in [5.41, 5.74) is 7.63.